The van der Waals surface area contributed by atoms with Crippen molar-refractivity contribution in [3.8, 4) is 17.0 Å². The number of rotatable bonds is 6. The molecule has 0 radical (unpaired) electrons. The number of hydrogen-bond donors (Lipinski definition) is 1. The highest BCUT2D eigenvalue weighted by atomic mass is 32.2. The molecule has 0 aliphatic heterocycles. The van der Waals surface area contributed by atoms with E-state index < -0.39 is 0 Å². The first kappa shape index (κ1) is 16.3. The summed E-state index contributed by atoms with van der Waals surface area (Å²) in [4.78, 5) is 19.1. The average Bonchev–Trinajstić information content (AvgIpc) is 2.61. The Kier molecular flexibility index (Phi) is 5.33. The molecule has 0 aliphatic carbocycles. The molecule has 3 aromatic rings. The van der Waals surface area contributed by atoms with Crippen LogP contribution >= 0.6 is 11.8 Å². The Bertz CT molecular complexity index is 845. The van der Waals surface area contributed by atoms with Gasteiger partial charge >= 0.3 is 0 Å². The number of nitrogens with zero attached hydrogens (tertiary/aromatic N) is 1. The van der Waals surface area contributed by atoms with Crippen LogP contribution in [0.15, 0.2) is 70.6 Å². The second kappa shape index (κ2) is 7.84. The molecule has 0 amide bonds. The van der Waals surface area contributed by atoms with Gasteiger partial charge in [0.15, 0.2) is 5.16 Å². The molecule has 1 heterocycles. The van der Waals surface area contributed by atoms with Crippen LogP contribution in [0, 0.1) is 6.92 Å². The van der Waals surface area contributed by atoms with E-state index in [-0.39, 0.29) is 5.56 Å². The number of benzene rings is 2. The lowest BCUT2D eigenvalue weighted by Crippen LogP contribution is -2.09. The summed E-state index contributed by atoms with van der Waals surface area (Å²) in [7, 11) is 0. The fraction of sp³-hybridized carbons (Fsp3) is 0.158. The van der Waals surface area contributed by atoms with Gasteiger partial charge in [0.05, 0.1) is 12.3 Å². The summed E-state index contributed by atoms with van der Waals surface area (Å²) in [6.07, 6.45) is 0. The number of aryl methyl sites for hydroxylation is 1. The lowest BCUT2D eigenvalue weighted by Gasteiger charge is -2.07. The monoisotopic (exact) mass is 338 g/mol. The first-order chi connectivity index (χ1) is 11.7. The van der Waals surface area contributed by atoms with Gasteiger partial charge in [0, 0.05) is 17.4 Å². The van der Waals surface area contributed by atoms with Crippen LogP contribution in [0.1, 0.15) is 5.56 Å². The summed E-state index contributed by atoms with van der Waals surface area (Å²) >= 11 is 1.47. The molecule has 2 aromatic carbocycles. The van der Waals surface area contributed by atoms with Crippen LogP contribution in [0.4, 0.5) is 0 Å². The van der Waals surface area contributed by atoms with Crippen molar-refractivity contribution in [2.75, 3.05) is 12.4 Å². The van der Waals surface area contributed by atoms with Crippen molar-refractivity contribution in [2.24, 2.45) is 0 Å². The molecule has 1 N–H and O–H groups in total. The largest absolute Gasteiger partial charge is 0.493 e. The molecule has 1 aromatic heterocycles. The molecule has 5 heteroatoms. The third kappa shape index (κ3) is 4.49. The van der Waals surface area contributed by atoms with E-state index in [1.165, 1.54) is 23.4 Å². The molecule has 0 saturated carbocycles. The maximum Gasteiger partial charge on any atom is 0.252 e. The van der Waals surface area contributed by atoms with Gasteiger partial charge < -0.3 is 9.72 Å². The predicted octanol–water partition coefficient (Wildman–Crippen LogP) is 3.92. The van der Waals surface area contributed by atoms with Crippen molar-refractivity contribution >= 4 is 11.8 Å². The van der Waals surface area contributed by atoms with Crippen molar-refractivity contribution in [3.63, 3.8) is 0 Å². The van der Waals surface area contributed by atoms with E-state index in [0.717, 1.165) is 11.3 Å². The van der Waals surface area contributed by atoms with Gasteiger partial charge in [0.2, 0.25) is 0 Å². The highest BCUT2D eigenvalue weighted by Crippen LogP contribution is 2.19. The first-order valence-electron chi connectivity index (χ1n) is 7.70. The van der Waals surface area contributed by atoms with Gasteiger partial charge in [-0.2, -0.15) is 0 Å². The van der Waals surface area contributed by atoms with Gasteiger partial charge in [-0.3, -0.25) is 4.79 Å². The molecule has 0 fully saturated rings. The Labute approximate surface area is 144 Å². The zero-order valence-corrected chi connectivity index (χ0v) is 14.2. The summed E-state index contributed by atoms with van der Waals surface area (Å²) in [6.45, 7) is 2.59. The van der Waals surface area contributed by atoms with E-state index in [4.69, 9.17) is 4.74 Å². The Morgan fingerprint density at radius 2 is 1.83 bits per heavy atom. The number of thioether (sulfide) groups is 1. The van der Waals surface area contributed by atoms with Crippen LogP contribution in [-0.4, -0.2) is 22.3 Å². The lowest BCUT2D eigenvalue weighted by atomic mass is 10.1. The van der Waals surface area contributed by atoms with Gasteiger partial charge in [0.25, 0.3) is 5.56 Å². The van der Waals surface area contributed by atoms with Crippen LogP contribution in [0.2, 0.25) is 0 Å². The smallest absolute Gasteiger partial charge is 0.252 e. The number of aromatic nitrogens is 2. The zero-order chi connectivity index (χ0) is 16.8. The average molecular weight is 338 g/mol. The number of nitrogens with one attached hydrogen (secondary N) is 1. The molecule has 0 spiro atoms. The zero-order valence-electron chi connectivity index (χ0n) is 13.4. The maximum absolute atomic E-state index is 11.8. The first-order valence-corrected chi connectivity index (χ1v) is 8.68. The van der Waals surface area contributed by atoms with Crippen LogP contribution in [-0.2, 0) is 0 Å². The number of ether oxygens (including phenoxy) is 1. The highest BCUT2D eigenvalue weighted by Gasteiger charge is 2.04. The molecule has 0 atom stereocenters. The Hall–Kier alpha value is -2.53. The van der Waals surface area contributed by atoms with E-state index in [1.807, 2.05) is 61.5 Å². The SMILES string of the molecule is Cc1ccc(OCCSc2nc(-c3ccccc3)cc(=O)[nH]2)cc1. The normalized spacial score (nSPS) is 10.5. The molecule has 0 aliphatic rings. The summed E-state index contributed by atoms with van der Waals surface area (Å²) in [5, 5.41) is 0.605. The number of aromatic amines is 1. The highest BCUT2D eigenvalue weighted by molar-refractivity contribution is 7.99. The fourth-order valence-electron chi connectivity index (χ4n) is 2.19. The van der Waals surface area contributed by atoms with E-state index in [0.29, 0.717) is 23.2 Å². The minimum absolute atomic E-state index is 0.147. The van der Waals surface area contributed by atoms with Gasteiger partial charge in [-0.1, -0.05) is 59.8 Å². The Morgan fingerprint density at radius 1 is 1.08 bits per heavy atom. The van der Waals surface area contributed by atoms with Gasteiger partial charge in [-0.05, 0) is 19.1 Å². The molecule has 24 heavy (non-hydrogen) atoms. The maximum atomic E-state index is 11.8. The molecule has 3 rings (SSSR count). The molecule has 0 bridgehead atoms. The second-order valence-corrected chi connectivity index (χ2v) is 6.40. The second-order valence-electron chi connectivity index (χ2n) is 5.31. The third-order valence-corrected chi connectivity index (χ3v) is 4.24. The van der Waals surface area contributed by atoms with E-state index in [2.05, 4.69) is 9.97 Å². The van der Waals surface area contributed by atoms with Crippen LogP contribution in [0.3, 0.4) is 0 Å². The lowest BCUT2D eigenvalue weighted by molar-refractivity contribution is 0.344. The van der Waals surface area contributed by atoms with Gasteiger partial charge in [-0.15, -0.1) is 0 Å². The van der Waals surface area contributed by atoms with Crippen molar-refractivity contribution < 1.29 is 4.74 Å². The Morgan fingerprint density at radius 3 is 2.58 bits per heavy atom. The number of H-pyrrole nitrogens is 1. The van der Waals surface area contributed by atoms with Gasteiger partial charge in [-0.25, -0.2) is 4.98 Å². The number of hydrogen-bond acceptors (Lipinski definition) is 4. The summed E-state index contributed by atoms with van der Waals surface area (Å²) in [5.74, 6) is 1.55. The third-order valence-electron chi connectivity index (χ3n) is 3.40. The van der Waals surface area contributed by atoms with Crippen molar-refractivity contribution in [1.29, 1.82) is 0 Å². The van der Waals surface area contributed by atoms with Crippen LogP contribution < -0.4 is 10.3 Å². The molecule has 4 nitrogen and oxygen atoms in total. The van der Waals surface area contributed by atoms with Crippen LogP contribution in [0.5, 0.6) is 5.75 Å². The molecular weight excluding hydrogens is 320 g/mol. The summed E-state index contributed by atoms with van der Waals surface area (Å²) in [5.41, 5.74) is 2.67. The quantitative estimate of drug-likeness (QED) is 0.420. The Balaban J connectivity index is 1.60. The molecule has 0 unspecified atom stereocenters. The molecule has 0 saturated heterocycles. The fourth-order valence-corrected chi connectivity index (χ4v) is 2.89. The van der Waals surface area contributed by atoms with Gasteiger partial charge in [0.1, 0.15) is 5.75 Å². The van der Waals surface area contributed by atoms with E-state index in [9.17, 15) is 4.79 Å². The van der Waals surface area contributed by atoms with Crippen molar-refractivity contribution in [2.45, 2.75) is 12.1 Å². The minimum atomic E-state index is -0.147. The topological polar surface area (TPSA) is 55.0 Å². The summed E-state index contributed by atoms with van der Waals surface area (Å²) < 4.78 is 5.69. The predicted molar refractivity (Wildman–Crippen MR) is 97.7 cm³/mol. The minimum Gasteiger partial charge on any atom is -0.493 e. The molecular formula is C19H18N2O2S. The van der Waals surface area contributed by atoms with E-state index >= 15 is 0 Å². The van der Waals surface area contributed by atoms with Crippen molar-refractivity contribution in [1.82, 2.24) is 9.97 Å². The standard InChI is InChI=1S/C19H18N2O2S/c1-14-7-9-16(10-8-14)23-11-12-24-19-20-17(13-18(22)21-19)15-5-3-2-4-6-15/h2-10,13H,11-12H2,1H3,(H,20,21,22). The molecule has 122 valence electrons. The summed E-state index contributed by atoms with van der Waals surface area (Å²) in [6, 6.07) is 19.1. The van der Waals surface area contributed by atoms with E-state index in [1.54, 1.807) is 0 Å². The van der Waals surface area contributed by atoms with Crippen LogP contribution in [0.25, 0.3) is 11.3 Å². The van der Waals surface area contributed by atoms with Crippen molar-refractivity contribution in [3.05, 3.63) is 76.6 Å².